The number of anilines is 1. The summed E-state index contributed by atoms with van der Waals surface area (Å²) in [5.74, 6) is -0.934. The van der Waals surface area contributed by atoms with Gasteiger partial charge in [0, 0.05) is 12.1 Å². The van der Waals surface area contributed by atoms with Crippen molar-refractivity contribution in [1.82, 2.24) is 4.40 Å². The van der Waals surface area contributed by atoms with Crippen LogP contribution < -0.4 is 10.6 Å². The van der Waals surface area contributed by atoms with Crippen molar-refractivity contribution in [3.05, 3.63) is 45.1 Å². The molecule has 0 radical (unpaired) electrons. The first-order chi connectivity index (χ1) is 12.5. The lowest BCUT2D eigenvalue weighted by molar-refractivity contribution is 0.0524. The van der Waals surface area contributed by atoms with Crippen molar-refractivity contribution in [2.75, 3.05) is 24.8 Å². The molecule has 0 atom stereocenters. The van der Waals surface area contributed by atoms with Crippen LogP contribution in [0.15, 0.2) is 17.1 Å². The maximum atomic E-state index is 14.8. The Bertz CT molecular complexity index is 943. The van der Waals surface area contributed by atoms with Crippen LogP contribution in [0.2, 0.25) is 0 Å². The van der Waals surface area contributed by atoms with Crippen LogP contribution in [0.1, 0.15) is 53.6 Å². The second-order valence-electron chi connectivity index (χ2n) is 6.77. The number of aryl methyl sites for hydroxylation is 1. The fourth-order valence-electron chi connectivity index (χ4n) is 3.63. The number of aromatic nitrogens is 1. The molecule has 138 valence electrons. The molecule has 1 aliphatic heterocycles. The first-order valence-corrected chi connectivity index (χ1v) is 8.98. The van der Waals surface area contributed by atoms with Gasteiger partial charge in [-0.2, -0.15) is 0 Å². The molecule has 0 spiro atoms. The minimum absolute atomic E-state index is 0.0461. The molecule has 2 aromatic heterocycles. The minimum Gasteiger partial charge on any atom is -0.462 e. The molecule has 2 aliphatic rings. The molecule has 0 unspecified atom stereocenters. The highest BCUT2D eigenvalue weighted by molar-refractivity contribution is 5.90. The summed E-state index contributed by atoms with van der Waals surface area (Å²) in [5, 5.41) is 1.56. The van der Waals surface area contributed by atoms with Crippen LogP contribution in [0.4, 0.5) is 10.1 Å². The fourth-order valence-corrected chi connectivity index (χ4v) is 3.63. The predicted molar refractivity (Wildman–Crippen MR) is 94.2 cm³/mol. The first-order valence-electron chi connectivity index (χ1n) is 8.98. The lowest BCUT2D eigenvalue weighted by Crippen LogP contribution is -2.27. The Kier molecular flexibility index (Phi) is 4.19. The molecule has 6 nitrogen and oxygen atoms in total. The number of hydrogen-bond acceptors (Lipinski definition) is 5. The molecule has 1 aliphatic carbocycles. The maximum Gasteiger partial charge on any atom is 0.343 e. The Hall–Kier alpha value is -2.41. The summed E-state index contributed by atoms with van der Waals surface area (Å²) in [7, 11) is 0. The first kappa shape index (κ1) is 17.0. The van der Waals surface area contributed by atoms with Gasteiger partial charge in [-0.1, -0.05) is 0 Å². The molecule has 0 amide bonds. The highest BCUT2D eigenvalue weighted by atomic mass is 19.1. The van der Waals surface area contributed by atoms with E-state index in [9.17, 15) is 14.0 Å². The number of halogens is 1. The quantitative estimate of drug-likeness (QED) is 0.785. The summed E-state index contributed by atoms with van der Waals surface area (Å²) in [4.78, 5) is 30.5. The topological polar surface area (TPSA) is 60.2 Å². The van der Waals surface area contributed by atoms with Crippen molar-refractivity contribution in [2.45, 2.75) is 39.0 Å². The third-order valence-electron chi connectivity index (χ3n) is 4.96. The fraction of sp³-hybridized carbons (Fsp3) is 0.474. The van der Waals surface area contributed by atoms with E-state index in [-0.39, 0.29) is 18.1 Å². The number of esters is 1. The molecule has 1 saturated heterocycles. The average molecular weight is 360 g/mol. The van der Waals surface area contributed by atoms with Crippen LogP contribution in [-0.4, -0.2) is 30.1 Å². The molecule has 3 heterocycles. The standard InChI is InChI=1S/C19H21FN2O4/c1-3-25-19(24)14-9-13(12-5-6-12)16-11(2)17(22-7-4-8-26-22)15(20)10-21(16)18(14)23/h9-10,12H,3-8H2,1-2H3. The molecule has 2 aromatic rings. The van der Waals surface area contributed by atoms with Crippen LogP contribution in [0.5, 0.6) is 0 Å². The summed E-state index contributed by atoms with van der Waals surface area (Å²) < 4.78 is 21.1. The molecular formula is C19H21FN2O4. The molecule has 4 rings (SSSR count). The van der Waals surface area contributed by atoms with E-state index < -0.39 is 17.3 Å². The second kappa shape index (κ2) is 6.39. The number of nitrogens with zero attached hydrogens (tertiary/aromatic N) is 2. The third kappa shape index (κ3) is 2.67. The Labute approximate surface area is 150 Å². The molecule has 2 fully saturated rings. The lowest BCUT2D eigenvalue weighted by Gasteiger charge is -2.22. The molecule has 26 heavy (non-hydrogen) atoms. The van der Waals surface area contributed by atoms with Gasteiger partial charge in [-0.05, 0) is 50.7 Å². The number of rotatable bonds is 4. The van der Waals surface area contributed by atoms with Gasteiger partial charge < -0.3 is 4.74 Å². The summed E-state index contributed by atoms with van der Waals surface area (Å²) in [5.41, 5.74) is 1.98. The molecule has 0 N–H and O–H groups in total. The second-order valence-corrected chi connectivity index (χ2v) is 6.77. The van der Waals surface area contributed by atoms with E-state index in [2.05, 4.69) is 0 Å². The van der Waals surface area contributed by atoms with Gasteiger partial charge in [0.2, 0.25) is 0 Å². The van der Waals surface area contributed by atoms with E-state index in [1.807, 2.05) is 0 Å². The molecule has 0 bridgehead atoms. The van der Waals surface area contributed by atoms with E-state index in [0.717, 1.165) is 31.0 Å². The zero-order chi connectivity index (χ0) is 18.4. The van der Waals surface area contributed by atoms with Crippen molar-refractivity contribution in [3.8, 4) is 0 Å². The van der Waals surface area contributed by atoms with Crippen LogP contribution in [-0.2, 0) is 9.57 Å². The number of ether oxygens (including phenoxy) is 1. The number of fused-ring (bicyclic) bond motifs is 1. The number of pyridine rings is 2. The number of hydroxylamine groups is 1. The van der Waals surface area contributed by atoms with E-state index >= 15 is 0 Å². The lowest BCUT2D eigenvalue weighted by atomic mass is 10.0. The molecule has 7 heteroatoms. The Morgan fingerprint density at radius 3 is 2.81 bits per heavy atom. The summed E-state index contributed by atoms with van der Waals surface area (Å²) >= 11 is 0. The highest BCUT2D eigenvalue weighted by Crippen LogP contribution is 2.44. The monoisotopic (exact) mass is 360 g/mol. The van der Waals surface area contributed by atoms with Gasteiger partial charge in [0.1, 0.15) is 11.3 Å². The van der Waals surface area contributed by atoms with E-state index in [0.29, 0.717) is 29.9 Å². The number of hydrogen-bond donors (Lipinski definition) is 0. The highest BCUT2D eigenvalue weighted by Gasteiger charge is 2.31. The van der Waals surface area contributed by atoms with Gasteiger partial charge in [-0.25, -0.2) is 9.18 Å². The Morgan fingerprint density at radius 2 is 2.19 bits per heavy atom. The van der Waals surface area contributed by atoms with Crippen molar-refractivity contribution in [2.24, 2.45) is 0 Å². The Morgan fingerprint density at radius 1 is 1.42 bits per heavy atom. The minimum atomic E-state index is -0.668. The van der Waals surface area contributed by atoms with Gasteiger partial charge in [-0.15, -0.1) is 0 Å². The van der Waals surface area contributed by atoms with E-state index in [4.69, 9.17) is 9.57 Å². The van der Waals surface area contributed by atoms with Crippen molar-refractivity contribution in [1.29, 1.82) is 0 Å². The SMILES string of the molecule is CCOC(=O)c1cc(C2CC2)c2c(C)c(N3CCCO3)c(F)cn2c1=O. The van der Waals surface area contributed by atoms with Crippen molar-refractivity contribution >= 4 is 17.2 Å². The zero-order valence-corrected chi connectivity index (χ0v) is 14.9. The summed E-state index contributed by atoms with van der Waals surface area (Å²) in [6, 6.07) is 1.63. The van der Waals surface area contributed by atoms with Gasteiger partial charge in [0.15, 0.2) is 5.82 Å². The predicted octanol–water partition coefficient (Wildman–Crippen LogP) is 2.94. The molecular weight excluding hydrogens is 339 g/mol. The van der Waals surface area contributed by atoms with Crippen LogP contribution in [0.3, 0.4) is 0 Å². The van der Waals surface area contributed by atoms with Crippen LogP contribution >= 0.6 is 0 Å². The van der Waals surface area contributed by atoms with Crippen LogP contribution in [0, 0.1) is 12.7 Å². The van der Waals surface area contributed by atoms with E-state index in [1.54, 1.807) is 25.0 Å². The van der Waals surface area contributed by atoms with Gasteiger partial charge in [0.25, 0.3) is 5.56 Å². The number of carbonyl (C=O) groups excluding carboxylic acids is 1. The van der Waals surface area contributed by atoms with Crippen molar-refractivity contribution in [3.63, 3.8) is 0 Å². The number of carbonyl (C=O) groups is 1. The smallest absolute Gasteiger partial charge is 0.343 e. The average Bonchev–Trinajstić information content (AvgIpc) is 3.31. The normalized spacial score (nSPS) is 17.1. The van der Waals surface area contributed by atoms with Crippen LogP contribution in [0.25, 0.3) is 5.52 Å². The van der Waals surface area contributed by atoms with Gasteiger partial charge >= 0.3 is 5.97 Å². The zero-order valence-electron chi connectivity index (χ0n) is 14.9. The van der Waals surface area contributed by atoms with Gasteiger partial charge in [-0.3, -0.25) is 19.1 Å². The van der Waals surface area contributed by atoms with Crippen molar-refractivity contribution < 1.29 is 18.8 Å². The molecule has 1 saturated carbocycles. The maximum absolute atomic E-state index is 14.8. The summed E-state index contributed by atoms with van der Waals surface area (Å²) in [6.45, 7) is 4.82. The third-order valence-corrected chi connectivity index (χ3v) is 4.96. The van der Waals surface area contributed by atoms with Gasteiger partial charge in [0.05, 0.1) is 24.9 Å². The Balaban J connectivity index is 2.00. The van der Waals surface area contributed by atoms with E-state index in [1.165, 1.54) is 4.40 Å². The molecule has 0 aromatic carbocycles. The summed E-state index contributed by atoms with van der Waals surface area (Å²) in [6.07, 6.45) is 3.97. The largest absolute Gasteiger partial charge is 0.462 e.